The Hall–Kier alpha value is -0.370. The van der Waals surface area contributed by atoms with Crippen molar-refractivity contribution in [2.24, 2.45) is 29.1 Å². The van der Waals surface area contributed by atoms with Gasteiger partial charge in [0.05, 0.1) is 6.10 Å². The third kappa shape index (κ3) is 3.27. The lowest BCUT2D eigenvalue weighted by Crippen LogP contribution is -2.47. The van der Waals surface area contributed by atoms with Gasteiger partial charge in [-0.1, -0.05) is 48.0 Å². The highest BCUT2D eigenvalue weighted by Gasteiger charge is 2.45. The van der Waals surface area contributed by atoms with Gasteiger partial charge in [-0.15, -0.1) is 0 Å². The van der Waals surface area contributed by atoms with E-state index in [4.69, 9.17) is 0 Å². The second-order valence-corrected chi connectivity index (χ2v) is 7.22. The molecule has 2 nitrogen and oxygen atoms in total. The first-order valence-corrected chi connectivity index (χ1v) is 8.53. The minimum absolute atomic E-state index is 0.0196. The Labute approximate surface area is 125 Å². The van der Waals surface area contributed by atoms with Crippen LogP contribution in [0.4, 0.5) is 0 Å². The number of rotatable bonds is 4. The summed E-state index contributed by atoms with van der Waals surface area (Å²) in [5, 5.41) is 10.8. The summed E-state index contributed by atoms with van der Waals surface area (Å²) in [6, 6.07) is 0. The number of hydrogen-bond acceptors (Lipinski definition) is 2. The van der Waals surface area contributed by atoms with E-state index in [0.717, 1.165) is 25.7 Å². The molecule has 1 fully saturated rings. The lowest BCUT2D eigenvalue weighted by Gasteiger charge is -2.46. The Morgan fingerprint density at radius 1 is 1.20 bits per heavy atom. The number of carbonyl (C=O) groups excluding carboxylic acids is 1. The fraction of sp³-hybridized carbons (Fsp3) is 0.944. The van der Waals surface area contributed by atoms with Gasteiger partial charge in [-0.2, -0.15) is 0 Å². The second kappa shape index (κ2) is 7.06. The molecule has 0 bridgehead atoms. The van der Waals surface area contributed by atoms with Gasteiger partial charge in [0, 0.05) is 12.3 Å². The molecule has 0 aromatic heterocycles. The van der Waals surface area contributed by atoms with Crippen molar-refractivity contribution in [2.75, 3.05) is 0 Å². The van der Waals surface area contributed by atoms with Crippen molar-refractivity contribution >= 4 is 5.78 Å². The molecule has 0 aromatic rings. The molecular formula is C18H34O2. The van der Waals surface area contributed by atoms with Crippen LogP contribution in [0.5, 0.6) is 0 Å². The molecule has 0 amide bonds. The van der Waals surface area contributed by atoms with Crippen LogP contribution in [-0.2, 0) is 4.79 Å². The average molecular weight is 282 g/mol. The van der Waals surface area contributed by atoms with Crippen LogP contribution in [0.3, 0.4) is 0 Å². The molecule has 4 unspecified atom stereocenters. The quantitative estimate of drug-likeness (QED) is 0.827. The third-order valence-corrected chi connectivity index (χ3v) is 6.23. The number of Topliss-reactive ketones (excluding diaryl/α,β-unsaturated/α-hetero) is 1. The second-order valence-electron chi connectivity index (χ2n) is 7.22. The molecule has 1 saturated carbocycles. The predicted octanol–water partition coefficient (Wildman–Crippen LogP) is 4.45. The van der Waals surface area contributed by atoms with Gasteiger partial charge in [-0.3, -0.25) is 4.79 Å². The molecule has 0 aliphatic heterocycles. The highest BCUT2D eigenvalue weighted by molar-refractivity contribution is 5.81. The Kier molecular flexibility index (Phi) is 6.25. The van der Waals surface area contributed by atoms with Crippen LogP contribution in [0.2, 0.25) is 0 Å². The molecule has 2 heteroatoms. The van der Waals surface area contributed by atoms with Crippen molar-refractivity contribution in [1.82, 2.24) is 0 Å². The average Bonchev–Trinajstić information content (AvgIpc) is 2.45. The van der Waals surface area contributed by atoms with Crippen molar-refractivity contribution in [3.8, 4) is 0 Å². The normalized spacial score (nSPS) is 42.9. The molecule has 0 heterocycles. The molecule has 1 aliphatic rings. The van der Waals surface area contributed by atoms with Gasteiger partial charge in [-0.05, 0) is 42.4 Å². The first-order valence-electron chi connectivity index (χ1n) is 8.53. The fourth-order valence-electron chi connectivity index (χ4n) is 4.31. The number of hydrogen-bond donors (Lipinski definition) is 1. The zero-order chi connectivity index (χ0) is 15.5. The van der Waals surface area contributed by atoms with E-state index >= 15 is 0 Å². The molecule has 20 heavy (non-hydrogen) atoms. The van der Waals surface area contributed by atoms with Crippen molar-refractivity contribution in [2.45, 2.75) is 79.8 Å². The predicted molar refractivity (Wildman–Crippen MR) is 84.5 cm³/mol. The molecule has 0 spiro atoms. The summed E-state index contributed by atoms with van der Waals surface area (Å²) in [6.07, 6.45) is 4.55. The summed E-state index contributed by atoms with van der Waals surface area (Å²) in [4.78, 5) is 12.4. The van der Waals surface area contributed by atoms with E-state index in [1.54, 1.807) is 0 Å². The van der Waals surface area contributed by atoms with E-state index in [1.807, 2.05) is 6.92 Å². The lowest BCUT2D eigenvalue weighted by molar-refractivity contribution is -0.134. The zero-order valence-corrected chi connectivity index (χ0v) is 14.3. The summed E-state index contributed by atoms with van der Waals surface area (Å²) in [5.74, 6) is 1.42. The molecule has 1 aliphatic carbocycles. The standard InChI is InChI=1S/C18H34O2/c1-7-14-10-11-18(6,9-3)17(20)13(5)16(12(14)4)15(19)8-2/h12-14,16-17,20H,7-11H2,1-6H3/t12?,13-,14?,16?,17?,18-/m1/s1. The fourth-order valence-corrected chi connectivity index (χ4v) is 4.31. The first-order chi connectivity index (χ1) is 9.32. The zero-order valence-electron chi connectivity index (χ0n) is 14.3. The molecular weight excluding hydrogens is 248 g/mol. The Balaban J connectivity index is 3.15. The first kappa shape index (κ1) is 17.7. The molecule has 0 radical (unpaired) electrons. The summed E-state index contributed by atoms with van der Waals surface area (Å²) in [5.41, 5.74) is -0.0424. The summed E-state index contributed by atoms with van der Waals surface area (Å²) >= 11 is 0. The maximum atomic E-state index is 12.4. The maximum Gasteiger partial charge on any atom is 0.136 e. The van der Waals surface area contributed by atoms with Crippen LogP contribution in [0, 0.1) is 29.1 Å². The Morgan fingerprint density at radius 3 is 2.25 bits per heavy atom. The van der Waals surface area contributed by atoms with E-state index in [2.05, 4.69) is 34.6 Å². The molecule has 1 N–H and O–H groups in total. The number of carbonyl (C=O) groups is 1. The maximum absolute atomic E-state index is 12.4. The highest BCUT2D eigenvalue weighted by atomic mass is 16.3. The van der Waals surface area contributed by atoms with Crippen LogP contribution in [0.15, 0.2) is 0 Å². The van der Waals surface area contributed by atoms with E-state index in [0.29, 0.717) is 24.0 Å². The molecule has 0 saturated heterocycles. The van der Waals surface area contributed by atoms with E-state index in [9.17, 15) is 9.90 Å². The molecule has 6 atom stereocenters. The number of aliphatic hydroxyl groups is 1. The summed E-state index contributed by atoms with van der Waals surface area (Å²) in [6.45, 7) is 12.9. The van der Waals surface area contributed by atoms with Gasteiger partial charge >= 0.3 is 0 Å². The summed E-state index contributed by atoms with van der Waals surface area (Å²) < 4.78 is 0. The molecule has 118 valence electrons. The van der Waals surface area contributed by atoms with Crippen molar-refractivity contribution in [3.63, 3.8) is 0 Å². The Morgan fingerprint density at radius 2 is 1.80 bits per heavy atom. The van der Waals surface area contributed by atoms with E-state index in [-0.39, 0.29) is 23.4 Å². The monoisotopic (exact) mass is 282 g/mol. The minimum Gasteiger partial charge on any atom is -0.392 e. The lowest BCUT2D eigenvalue weighted by atomic mass is 9.60. The van der Waals surface area contributed by atoms with Gasteiger partial charge in [0.15, 0.2) is 0 Å². The van der Waals surface area contributed by atoms with E-state index < -0.39 is 0 Å². The molecule has 1 rings (SSSR count). The van der Waals surface area contributed by atoms with Gasteiger partial charge < -0.3 is 5.11 Å². The third-order valence-electron chi connectivity index (χ3n) is 6.23. The molecule has 0 aromatic carbocycles. The van der Waals surface area contributed by atoms with Crippen LogP contribution >= 0.6 is 0 Å². The number of ketones is 1. The SMILES string of the molecule is CCC(=O)C1C(C)C(CC)CC[C@@](C)(CC)C(O)[C@@H]1C. The summed E-state index contributed by atoms with van der Waals surface area (Å²) in [7, 11) is 0. The van der Waals surface area contributed by atoms with Crippen LogP contribution in [0.1, 0.15) is 73.6 Å². The largest absolute Gasteiger partial charge is 0.392 e. The van der Waals surface area contributed by atoms with Gasteiger partial charge in [-0.25, -0.2) is 0 Å². The van der Waals surface area contributed by atoms with Crippen LogP contribution < -0.4 is 0 Å². The smallest absolute Gasteiger partial charge is 0.136 e. The number of aliphatic hydroxyl groups excluding tert-OH is 1. The van der Waals surface area contributed by atoms with Crippen molar-refractivity contribution < 1.29 is 9.90 Å². The van der Waals surface area contributed by atoms with Gasteiger partial charge in [0.2, 0.25) is 0 Å². The van der Waals surface area contributed by atoms with Gasteiger partial charge in [0.1, 0.15) is 5.78 Å². The Bertz CT molecular complexity index is 325. The van der Waals surface area contributed by atoms with E-state index in [1.165, 1.54) is 0 Å². The van der Waals surface area contributed by atoms with Gasteiger partial charge in [0.25, 0.3) is 0 Å². The van der Waals surface area contributed by atoms with Crippen molar-refractivity contribution in [1.29, 1.82) is 0 Å². The van der Waals surface area contributed by atoms with Crippen molar-refractivity contribution in [3.05, 3.63) is 0 Å². The van der Waals surface area contributed by atoms with Crippen LogP contribution in [0.25, 0.3) is 0 Å². The highest BCUT2D eigenvalue weighted by Crippen LogP contribution is 2.46. The minimum atomic E-state index is -0.367. The van der Waals surface area contributed by atoms with Crippen LogP contribution in [-0.4, -0.2) is 17.0 Å². The topological polar surface area (TPSA) is 37.3 Å².